The van der Waals surface area contributed by atoms with Crippen molar-refractivity contribution in [2.45, 2.75) is 25.8 Å². The molecular formula is C15H22N4O2. The quantitative estimate of drug-likeness (QED) is 0.795. The van der Waals surface area contributed by atoms with Crippen molar-refractivity contribution >= 4 is 23.3 Å². The summed E-state index contributed by atoms with van der Waals surface area (Å²) >= 11 is 0. The van der Waals surface area contributed by atoms with Gasteiger partial charge in [0.15, 0.2) is 0 Å². The summed E-state index contributed by atoms with van der Waals surface area (Å²) in [6, 6.07) is 7.11. The molecule has 0 aliphatic carbocycles. The fraction of sp³-hybridized carbons (Fsp3) is 0.467. The number of carbonyl (C=O) groups is 2. The van der Waals surface area contributed by atoms with Gasteiger partial charge in [0, 0.05) is 24.3 Å². The Hall–Kier alpha value is -2.08. The third-order valence-corrected chi connectivity index (χ3v) is 3.49. The highest BCUT2D eigenvalue weighted by molar-refractivity contribution is 5.92. The van der Waals surface area contributed by atoms with Crippen LogP contribution < -0.4 is 16.0 Å². The van der Waals surface area contributed by atoms with Crippen LogP contribution >= 0.6 is 0 Å². The van der Waals surface area contributed by atoms with Gasteiger partial charge in [-0.1, -0.05) is 6.07 Å². The minimum absolute atomic E-state index is 0.136. The molecule has 0 unspecified atom stereocenters. The summed E-state index contributed by atoms with van der Waals surface area (Å²) in [5, 5.41) is 8.47. The first-order chi connectivity index (χ1) is 10.0. The van der Waals surface area contributed by atoms with E-state index in [4.69, 9.17) is 0 Å². The molecule has 2 rings (SSSR count). The molecule has 21 heavy (non-hydrogen) atoms. The van der Waals surface area contributed by atoms with E-state index in [-0.39, 0.29) is 18.0 Å². The first kappa shape index (κ1) is 15.3. The van der Waals surface area contributed by atoms with Gasteiger partial charge in [0.05, 0.1) is 0 Å². The number of benzene rings is 1. The van der Waals surface area contributed by atoms with Crippen molar-refractivity contribution in [2.24, 2.45) is 0 Å². The number of nitrogens with zero attached hydrogens (tertiary/aromatic N) is 1. The highest BCUT2D eigenvalue weighted by Gasteiger charge is 2.18. The first-order valence-corrected chi connectivity index (χ1v) is 7.16. The Bertz CT molecular complexity index is 510. The predicted octanol–water partition coefficient (Wildman–Crippen LogP) is 1.86. The summed E-state index contributed by atoms with van der Waals surface area (Å²) in [6.07, 6.45) is 1.94. The highest BCUT2D eigenvalue weighted by atomic mass is 16.2. The summed E-state index contributed by atoms with van der Waals surface area (Å²) in [4.78, 5) is 25.3. The number of amides is 3. The number of urea groups is 1. The fourth-order valence-corrected chi connectivity index (χ4v) is 2.38. The van der Waals surface area contributed by atoms with Gasteiger partial charge < -0.3 is 20.9 Å². The van der Waals surface area contributed by atoms with E-state index in [1.807, 2.05) is 0 Å². The Morgan fingerprint density at radius 3 is 2.38 bits per heavy atom. The second-order valence-electron chi connectivity index (χ2n) is 5.44. The zero-order chi connectivity index (χ0) is 15.2. The normalized spacial score (nSPS) is 16.3. The van der Waals surface area contributed by atoms with Gasteiger partial charge in [-0.3, -0.25) is 4.79 Å². The van der Waals surface area contributed by atoms with Crippen molar-refractivity contribution in [1.82, 2.24) is 10.2 Å². The molecule has 1 saturated heterocycles. The average molecular weight is 290 g/mol. The van der Waals surface area contributed by atoms with Crippen LogP contribution in [0.15, 0.2) is 24.3 Å². The molecule has 114 valence electrons. The number of anilines is 2. The van der Waals surface area contributed by atoms with Gasteiger partial charge >= 0.3 is 6.03 Å². The molecule has 0 saturated carbocycles. The molecule has 1 aliphatic heterocycles. The van der Waals surface area contributed by atoms with Gasteiger partial charge in [0.25, 0.3) is 0 Å². The summed E-state index contributed by atoms with van der Waals surface area (Å²) < 4.78 is 0. The van der Waals surface area contributed by atoms with E-state index in [2.05, 4.69) is 27.9 Å². The number of hydrogen-bond acceptors (Lipinski definition) is 3. The van der Waals surface area contributed by atoms with E-state index in [9.17, 15) is 9.59 Å². The van der Waals surface area contributed by atoms with E-state index >= 15 is 0 Å². The van der Waals surface area contributed by atoms with Crippen molar-refractivity contribution in [3.8, 4) is 0 Å². The lowest BCUT2D eigenvalue weighted by Gasteiger charge is -2.29. The van der Waals surface area contributed by atoms with Crippen LogP contribution in [0.25, 0.3) is 0 Å². The largest absolute Gasteiger partial charge is 0.335 e. The Morgan fingerprint density at radius 1 is 1.14 bits per heavy atom. The molecule has 0 bridgehead atoms. The lowest BCUT2D eigenvalue weighted by Crippen LogP contribution is -2.44. The summed E-state index contributed by atoms with van der Waals surface area (Å²) in [5.74, 6) is -0.136. The van der Waals surface area contributed by atoms with Crippen LogP contribution in [0.1, 0.15) is 19.8 Å². The maximum atomic E-state index is 12.0. The molecular weight excluding hydrogens is 268 g/mol. The molecule has 0 spiro atoms. The third kappa shape index (κ3) is 5.07. The first-order valence-electron chi connectivity index (χ1n) is 7.16. The monoisotopic (exact) mass is 290 g/mol. The zero-order valence-electron chi connectivity index (χ0n) is 12.5. The van der Waals surface area contributed by atoms with Crippen molar-refractivity contribution in [3.05, 3.63) is 24.3 Å². The van der Waals surface area contributed by atoms with E-state index < -0.39 is 0 Å². The number of rotatable bonds is 3. The molecule has 1 aliphatic rings. The van der Waals surface area contributed by atoms with E-state index in [0.717, 1.165) is 25.9 Å². The van der Waals surface area contributed by atoms with Gasteiger partial charge in [-0.15, -0.1) is 0 Å². The molecule has 0 aromatic heterocycles. The molecule has 6 heteroatoms. The minimum Gasteiger partial charge on any atom is -0.335 e. The third-order valence-electron chi connectivity index (χ3n) is 3.49. The molecule has 3 N–H and O–H groups in total. The van der Waals surface area contributed by atoms with Crippen molar-refractivity contribution in [1.29, 1.82) is 0 Å². The van der Waals surface area contributed by atoms with Crippen LogP contribution in [0, 0.1) is 0 Å². The maximum absolute atomic E-state index is 12.0. The van der Waals surface area contributed by atoms with E-state index in [0.29, 0.717) is 11.4 Å². The SMILES string of the molecule is CC(=O)Nc1cccc(NC(=O)NC2CCN(C)CC2)c1. The number of likely N-dealkylation sites (tertiary alicyclic amines) is 1. The van der Waals surface area contributed by atoms with Crippen molar-refractivity contribution in [2.75, 3.05) is 30.8 Å². The molecule has 0 radical (unpaired) electrons. The minimum atomic E-state index is -0.204. The summed E-state index contributed by atoms with van der Waals surface area (Å²) in [5.41, 5.74) is 1.33. The number of carbonyl (C=O) groups excluding carboxylic acids is 2. The van der Waals surface area contributed by atoms with Crippen LogP contribution in [-0.2, 0) is 4.79 Å². The van der Waals surface area contributed by atoms with Crippen LogP contribution in [0.4, 0.5) is 16.2 Å². The Kier molecular flexibility index (Phi) is 5.16. The Balaban J connectivity index is 1.86. The number of piperidine rings is 1. The second kappa shape index (κ2) is 7.08. The summed E-state index contributed by atoms with van der Waals surface area (Å²) in [7, 11) is 2.09. The lowest BCUT2D eigenvalue weighted by atomic mass is 10.1. The molecule has 6 nitrogen and oxygen atoms in total. The predicted molar refractivity (Wildman–Crippen MR) is 83.4 cm³/mol. The fourth-order valence-electron chi connectivity index (χ4n) is 2.38. The van der Waals surface area contributed by atoms with E-state index in [1.165, 1.54) is 6.92 Å². The van der Waals surface area contributed by atoms with Crippen LogP contribution in [0.2, 0.25) is 0 Å². The second-order valence-corrected chi connectivity index (χ2v) is 5.44. The average Bonchev–Trinajstić information content (AvgIpc) is 2.41. The van der Waals surface area contributed by atoms with Crippen LogP contribution in [-0.4, -0.2) is 43.0 Å². The molecule has 1 aromatic carbocycles. The van der Waals surface area contributed by atoms with Crippen molar-refractivity contribution < 1.29 is 9.59 Å². The number of hydrogen-bond donors (Lipinski definition) is 3. The smallest absolute Gasteiger partial charge is 0.319 e. The standard InChI is InChI=1S/C15H22N4O2/c1-11(20)16-13-4-3-5-14(10-13)18-15(21)17-12-6-8-19(2)9-7-12/h3-5,10,12H,6-9H2,1-2H3,(H,16,20)(H2,17,18,21). The Morgan fingerprint density at radius 2 is 1.76 bits per heavy atom. The van der Waals surface area contributed by atoms with Gasteiger partial charge in [-0.25, -0.2) is 4.79 Å². The highest BCUT2D eigenvalue weighted by Crippen LogP contribution is 2.15. The molecule has 3 amide bonds. The maximum Gasteiger partial charge on any atom is 0.319 e. The summed E-state index contributed by atoms with van der Waals surface area (Å²) in [6.45, 7) is 3.46. The molecule has 1 aromatic rings. The van der Waals surface area contributed by atoms with Gasteiger partial charge in [-0.2, -0.15) is 0 Å². The Labute approximate surface area is 124 Å². The van der Waals surface area contributed by atoms with Gasteiger partial charge in [0.1, 0.15) is 0 Å². The lowest BCUT2D eigenvalue weighted by molar-refractivity contribution is -0.114. The van der Waals surface area contributed by atoms with Gasteiger partial charge in [0.2, 0.25) is 5.91 Å². The topological polar surface area (TPSA) is 73.5 Å². The zero-order valence-corrected chi connectivity index (χ0v) is 12.5. The molecule has 0 atom stereocenters. The molecule has 1 heterocycles. The van der Waals surface area contributed by atoms with Crippen LogP contribution in [0.5, 0.6) is 0 Å². The van der Waals surface area contributed by atoms with Gasteiger partial charge in [-0.05, 0) is 51.2 Å². The van der Waals surface area contributed by atoms with Crippen molar-refractivity contribution in [3.63, 3.8) is 0 Å². The molecule has 1 fully saturated rings. The number of nitrogens with one attached hydrogen (secondary N) is 3. The van der Waals surface area contributed by atoms with Crippen LogP contribution in [0.3, 0.4) is 0 Å². The van der Waals surface area contributed by atoms with E-state index in [1.54, 1.807) is 24.3 Å².